The number of halogens is 1. The van der Waals surface area contributed by atoms with E-state index in [1.54, 1.807) is 11.3 Å². The molecule has 0 aromatic carbocycles. The van der Waals surface area contributed by atoms with Crippen molar-refractivity contribution in [1.29, 1.82) is 0 Å². The molecule has 84 valence electrons. The number of hydrogen-bond donors (Lipinski definition) is 1. The van der Waals surface area contributed by atoms with Gasteiger partial charge in [-0.3, -0.25) is 4.90 Å². The Morgan fingerprint density at radius 1 is 1.47 bits per heavy atom. The van der Waals surface area contributed by atoms with Crippen LogP contribution in [0.25, 0.3) is 0 Å². The third-order valence-electron chi connectivity index (χ3n) is 2.48. The number of thiophene rings is 1. The molecule has 0 amide bonds. The Bertz CT molecular complexity index is 323. The fraction of sp³-hybridized carbons (Fsp3) is 0.600. The number of nitrogens with two attached hydrogens (primary N) is 1. The van der Waals surface area contributed by atoms with Gasteiger partial charge in [0.15, 0.2) is 0 Å². The van der Waals surface area contributed by atoms with Gasteiger partial charge in [0.1, 0.15) is 0 Å². The molecule has 1 aliphatic heterocycles. The lowest BCUT2D eigenvalue weighted by Gasteiger charge is -2.25. The van der Waals surface area contributed by atoms with Crippen LogP contribution in [0, 0.1) is 0 Å². The molecule has 0 unspecified atom stereocenters. The predicted octanol–water partition coefficient (Wildman–Crippen LogP) is 1.69. The summed E-state index contributed by atoms with van der Waals surface area (Å²) in [5.41, 5.74) is 5.59. The van der Waals surface area contributed by atoms with Gasteiger partial charge in [-0.05, 0) is 6.07 Å². The summed E-state index contributed by atoms with van der Waals surface area (Å²) >= 11 is 7.76. The molecule has 1 aliphatic rings. The standard InChI is InChI=1S/C10H15ClN2OS/c11-9-5-8(15-10(9)6-12)7-13-1-3-14-4-2-13/h5H,1-4,6-7,12H2. The first-order valence-electron chi connectivity index (χ1n) is 5.07. The normalized spacial score (nSPS) is 18.3. The Hall–Kier alpha value is -0.130. The van der Waals surface area contributed by atoms with Crippen LogP contribution in [-0.2, 0) is 17.8 Å². The molecule has 5 heteroatoms. The number of rotatable bonds is 3. The summed E-state index contributed by atoms with van der Waals surface area (Å²) < 4.78 is 5.30. The van der Waals surface area contributed by atoms with E-state index in [9.17, 15) is 0 Å². The van der Waals surface area contributed by atoms with Gasteiger partial charge in [-0.25, -0.2) is 0 Å². The highest BCUT2D eigenvalue weighted by Gasteiger charge is 2.13. The Balaban J connectivity index is 1.97. The first-order valence-corrected chi connectivity index (χ1v) is 6.26. The second-order valence-corrected chi connectivity index (χ2v) is 5.20. The van der Waals surface area contributed by atoms with Crippen LogP contribution in [0.1, 0.15) is 9.75 Å². The number of hydrogen-bond acceptors (Lipinski definition) is 4. The maximum Gasteiger partial charge on any atom is 0.0594 e. The van der Waals surface area contributed by atoms with Gasteiger partial charge in [0.05, 0.1) is 18.2 Å². The molecular formula is C10H15ClN2OS. The largest absolute Gasteiger partial charge is 0.379 e. The summed E-state index contributed by atoms with van der Waals surface area (Å²) in [5, 5.41) is 0.811. The Kier molecular flexibility index (Phi) is 3.99. The summed E-state index contributed by atoms with van der Waals surface area (Å²) in [7, 11) is 0. The van der Waals surface area contributed by atoms with Gasteiger partial charge in [-0.1, -0.05) is 11.6 Å². The molecule has 3 nitrogen and oxygen atoms in total. The van der Waals surface area contributed by atoms with Crippen LogP contribution in [0.5, 0.6) is 0 Å². The van der Waals surface area contributed by atoms with Crippen LogP contribution in [0.15, 0.2) is 6.07 Å². The summed E-state index contributed by atoms with van der Waals surface area (Å²) in [4.78, 5) is 4.76. The van der Waals surface area contributed by atoms with Crippen LogP contribution in [0.2, 0.25) is 5.02 Å². The van der Waals surface area contributed by atoms with Crippen LogP contribution in [-0.4, -0.2) is 31.2 Å². The molecule has 2 rings (SSSR count). The van der Waals surface area contributed by atoms with Crippen molar-refractivity contribution < 1.29 is 4.74 Å². The van der Waals surface area contributed by atoms with E-state index in [-0.39, 0.29) is 0 Å². The summed E-state index contributed by atoms with van der Waals surface area (Å²) in [5.74, 6) is 0. The number of nitrogens with zero attached hydrogens (tertiary/aromatic N) is 1. The molecule has 1 saturated heterocycles. The highest BCUT2D eigenvalue weighted by Crippen LogP contribution is 2.27. The topological polar surface area (TPSA) is 38.5 Å². The smallest absolute Gasteiger partial charge is 0.0594 e. The average molecular weight is 247 g/mol. The molecule has 0 radical (unpaired) electrons. The number of ether oxygens (including phenoxy) is 1. The molecular weight excluding hydrogens is 232 g/mol. The van der Waals surface area contributed by atoms with Crippen molar-refractivity contribution in [1.82, 2.24) is 4.90 Å². The molecule has 0 atom stereocenters. The van der Waals surface area contributed by atoms with Crippen LogP contribution >= 0.6 is 22.9 Å². The minimum atomic E-state index is 0.534. The zero-order valence-electron chi connectivity index (χ0n) is 8.54. The quantitative estimate of drug-likeness (QED) is 0.882. The second-order valence-electron chi connectivity index (χ2n) is 3.58. The van der Waals surface area contributed by atoms with E-state index in [0.717, 1.165) is 42.7 Å². The molecule has 1 fully saturated rings. The van der Waals surface area contributed by atoms with Crippen LogP contribution < -0.4 is 5.73 Å². The second kappa shape index (κ2) is 5.27. The van der Waals surface area contributed by atoms with E-state index in [1.165, 1.54) is 4.88 Å². The Morgan fingerprint density at radius 3 is 2.80 bits per heavy atom. The fourth-order valence-electron chi connectivity index (χ4n) is 1.66. The molecule has 1 aromatic heterocycles. The van der Waals surface area contributed by atoms with Crippen molar-refractivity contribution in [2.24, 2.45) is 5.73 Å². The average Bonchev–Trinajstić information content (AvgIpc) is 2.60. The zero-order valence-corrected chi connectivity index (χ0v) is 10.1. The molecule has 2 N–H and O–H groups in total. The van der Waals surface area contributed by atoms with Crippen molar-refractivity contribution >= 4 is 22.9 Å². The fourth-order valence-corrected chi connectivity index (χ4v) is 3.02. The minimum absolute atomic E-state index is 0.534. The summed E-state index contributed by atoms with van der Waals surface area (Å²) in [6.45, 7) is 5.19. The predicted molar refractivity (Wildman–Crippen MR) is 63.3 cm³/mol. The SMILES string of the molecule is NCc1sc(CN2CCOCC2)cc1Cl. The van der Waals surface area contributed by atoms with Gasteiger partial charge in [-0.15, -0.1) is 11.3 Å². The van der Waals surface area contributed by atoms with Gasteiger partial charge in [0.2, 0.25) is 0 Å². The van der Waals surface area contributed by atoms with E-state index in [4.69, 9.17) is 22.1 Å². The first kappa shape index (κ1) is 11.4. The third-order valence-corrected chi connectivity index (χ3v) is 4.07. The van der Waals surface area contributed by atoms with E-state index < -0.39 is 0 Å². The maximum absolute atomic E-state index is 6.05. The lowest BCUT2D eigenvalue weighted by molar-refractivity contribution is 0.0346. The molecule has 1 aromatic rings. The third kappa shape index (κ3) is 2.92. The van der Waals surface area contributed by atoms with Gasteiger partial charge in [0, 0.05) is 35.9 Å². The molecule has 0 aliphatic carbocycles. The minimum Gasteiger partial charge on any atom is -0.379 e. The summed E-state index contributed by atoms with van der Waals surface area (Å²) in [6, 6.07) is 2.03. The van der Waals surface area contributed by atoms with E-state index in [0.29, 0.717) is 6.54 Å². The van der Waals surface area contributed by atoms with Crippen LogP contribution in [0.4, 0.5) is 0 Å². The van der Waals surface area contributed by atoms with Gasteiger partial charge < -0.3 is 10.5 Å². The molecule has 2 heterocycles. The van der Waals surface area contributed by atoms with Gasteiger partial charge in [0.25, 0.3) is 0 Å². The first-order chi connectivity index (χ1) is 7.29. The van der Waals surface area contributed by atoms with Crippen molar-refractivity contribution in [2.45, 2.75) is 13.1 Å². The maximum atomic E-state index is 6.05. The zero-order chi connectivity index (χ0) is 10.7. The Labute approximate surface area is 98.8 Å². The molecule has 0 saturated carbocycles. The lowest BCUT2D eigenvalue weighted by Crippen LogP contribution is -2.35. The van der Waals surface area contributed by atoms with Gasteiger partial charge in [-0.2, -0.15) is 0 Å². The Morgan fingerprint density at radius 2 is 2.20 bits per heavy atom. The highest BCUT2D eigenvalue weighted by molar-refractivity contribution is 7.12. The van der Waals surface area contributed by atoms with Gasteiger partial charge >= 0.3 is 0 Å². The van der Waals surface area contributed by atoms with Crippen LogP contribution in [0.3, 0.4) is 0 Å². The molecule has 0 bridgehead atoms. The van der Waals surface area contributed by atoms with E-state index in [1.807, 2.05) is 6.07 Å². The van der Waals surface area contributed by atoms with Crippen molar-refractivity contribution in [3.05, 3.63) is 20.8 Å². The molecule has 0 spiro atoms. The van der Waals surface area contributed by atoms with Crippen molar-refractivity contribution in [3.63, 3.8) is 0 Å². The van der Waals surface area contributed by atoms with Crippen molar-refractivity contribution in [3.8, 4) is 0 Å². The van der Waals surface area contributed by atoms with E-state index in [2.05, 4.69) is 4.90 Å². The monoisotopic (exact) mass is 246 g/mol. The lowest BCUT2D eigenvalue weighted by atomic mass is 10.3. The van der Waals surface area contributed by atoms with Crippen molar-refractivity contribution in [2.75, 3.05) is 26.3 Å². The number of morpholine rings is 1. The molecule has 15 heavy (non-hydrogen) atoms. The van der Waals surface area contributed by atoms with E-state index >= 15 is 0 Å². The highest BCUT2D eigenvalue weighted by atomic mass is 35.5. The summed E-state index contributed by atoms with van der Waals surface area (Å²) in [6.07, 6.45) is 0.